The normalized spacial score (nSPS) is 11.9. The number of rotatable bonds is 7. The highest BCUT2D eigenvalue weighted by atomic mass is 32.2. The number of carbonyl (C=O) groups is 1. The number of fused-ring (bicyclic) bond motifs is 1. The Balaban J connectivity index is 1.82. The Morgan fingerprint density at radius 3 is 2.59 bits per heavy atom. The van der Waals surface area contributed by atoms with Crippen molar-refractivity contribution in [1.29, 1.82) is 0 Å². The van der Waals surface area contributed by atoms with E-state index in [1.807, 2.05) is 11.5 Å². The summed E-state index contributed by atoms with van der Waals surface area (Å²) >= 11 is 0. The minimum absolute atomic E-state index is 0.126. The first kappa shape index (κ1) is 20.9. The van der Waals surface area contributed by atoms with E-state index in [1.165, 1.54) is 26.2 Å². The fourth-order valence-electron chi connectivity index (χ4n) is 3.08. The fraction of sp³-hybridized carbons (Fsp3) is 0.300. The van der Waals surface area contributed by atoms with Crippen LogP contribution in [0, 0.1) is 5.82 Å². The Kier molecular flexibility index (Phi) is 5.99. The lowest BCUT2D eigenvalue weighted by atomic mass is 10.2. The summed E-state index contributed by atoms with van der Waals surface area (Å²) in [6.07, 6.45) is 0.471. The lowest BCUT2D eigenvalue weighted by Crippen LogP contribution is -2.22. The average Bonchev–Trinajstić information content (AvgIpc) is 3.04. The summed E-state index contributed by atoms with van der Waals surface area (Å²) in [7, 11) is -0.607. The number of nitrogens with one attached hydrogen (secondary N) is 1. The lowest BCUT2D eigenvalue weighted by molar-refractivity contribution is -0.116. The van der Waals surface area contributed by atoms with E-state index in [-0.39, 0.29) is 22.9 Å². The highest BCUT2D eigenvalue weighted by Crippen LogP contribution is 2.23. The summed E-state index contributed by atoms with van der Waals surface area (Å²) in [5.74, 6) is -0.137. The van der Waals surface area contributed by atoms with E-state index in [9.17, 15) is 17.6 Å². The maximum absolute atomic E-state index is 13.7. The summed E-state index contributed by atoms with van der Waals surface area (Å²) in [4.78, 5) is 16.9. The van der Waals surface area contributed by atoms with Gasteiger partial charge in [-0.05, 0) is 37.3 Å². The molecule has 0 bridgehead atoms. The van der Waals surface area contributed by atoms with Gasteiger partial charge in [0.2, 0.25) is 15.9 Å². The van der Waals surface area contributed by atoms with Crippen molar-refractivity contribution in [3.05, 3.63) is 54.1 Å². The van der Waals surface area contributed by atoms with Crippen LogP contribution in [0.25, 0.3) is 11.0 Å². The topological polar surface area (TPSA) is 84.3 Å². The van der Waals surface area contributed by atoms with Crippen LogP contribution < -0.4 is 5.32 Å². The Hall–Kier alpha value is -2.78. The molecule has 3 rings (SSSR count). The zero-order valence-corrected chi connectivity index (χ0v) is 17.3. The number of sulfonamides is 1. The number of benzene rings is 2. The van der Waals surface area contributed by atoms with Crippen LogP contribution in [-0.2, 0) is 27.8 Å². The highest BCUT2D eigenvalue weighted by Gasteiger charge is 2.19. The molecule has 0 aliphatic carbocycles. The van der Waals surface area contributed by atoms with Crippen LogP contribution in [0.3, 0.4) is 0 Å². The predicted molar refractivity (Wildman–Crippen MR) is 110 cm³/mol. The molecule has 9 heteroatoms. The molecule has 1 aromatic heterocycles. The number of nitrogens with zero attached hydrogens (tertiary/aromatic N) is 3. The summed E-state index contributed by atoms with van der Waals surface area (Å²) < 4.78 is 41.5. The fourth-order valence-corrected chi connectivity index (χ4v) is 4.00. The second-order valence-corrected chi connectivity index (χ2v) is 8.89. The molecule has 0 radical (unpaired) electrons. The van der Waals surface area contributed by atoms with Crippen molar-refractivity contribution < 1.29 is 17.6 Å². The van der Waals surface area contributed by atoms with E-state index in [0.29, 0.717) is 24.3 Å². The molecule has 3 aromatic rings. The number of para-hydroxylation sites is 1. The van der Waals surface area contributed by atoms with Crippen LogP contribution >= 0.6 is 0 Å². The average molecular weight is 418 g/mol. The van der Waals surface area contributed by atoms with Crippen LogP contribution in [-0.4, -0.2) is 42.3 Å². The van der Waals surface area contributed by atoms with Crippen molar-refractivity contribution in [2.24, 2.45) is 0 Å². The minimum Gasteiger partial charge on any atom is -0.328 e. The molecule has 0 atom stereocenters. The number of aromatic nitrogens is 2. The minimum atomic E-state index is -3.56. The number of hydrogen-bond acceptors (Lipinski definition) is 4. The van der Waals surface area contributed by atoms with Gasteiger partial charge in [0, 0.05) is 33.5 Å². The van der Waals surface area contributed by atoms with Crippen molar-refractivity contribution in [3.8, 4) is 0 Å². The third kappa shape index (κ3) is 4.30. The van der Waals surface area contributed by atoms with Crippen molar-refractivity contribution in [2.75, 3.05) is 19.4 Å². The third-order valence-corrected chi connectivity index (χ3v) is 6.43. The SMILES string of the molecule is CCn1c(CCC(=O)Nc2ccccc2F)nc2cc(S(=O)(=O)N(C)C)ccc21. The van der Waals surface area contributed by atoms with Crippen LogP contribution in [0.2, 0.25) is 0 Å². The molecule has 154 valence electrons. The molecule has 1 N–H and O–H groups in total. The second kappa shape index (κ2) is 8.30. The molecular weight excluding hydrogens is 395 g/mol. The molecule has 29 heavy (non-hydrogen) atoms. The number of carbonyl (C=O) groups excluding carboxylic acids is 1. The van der Waals surface area contributed by atoms with Gasteiger partial charge in [-0.2, -0.15) is 0 Å². The van der Waals surface area contributed by atoms with Crippen LogP contribution in [0.4, 0.5) is 10.1 Å². The van der Waals surface area contributed by atoms with Crippen molar-refractivity contribution in [2.45, 2.75) is 31.2 Å². The van der Waals surface area contributed by atoms with Gasteiger partial charge in [-0.15, -0.1) is 0 Å². The van der Waals surface area contributed by atoms with E-state index in [4.69, 9.17) is 0 Å². The van der Waals surface area contributed by atoms with E-state index in [1.54, 1.807) is 30.3 Å². The molecular formula is C20H23FN4O3S. The van der Waals surface area contributed by atoms with Gasteiger partial charge in [0.05, 0.1) is 21.6 Å². The van der Waals surface area contributed by atoms with Gasteiger partial charge in [0.25, 0.3) is 0 Å². The van der Waals surface area contributed by atoms with Gasteiger partial charge in [-0.1, -0.05) is 12.1 Å². The molecule has 1 amide bonds. The number of hydrogen-bond donors (Lipinski definition) is 1. The zero-order chi connectivity index (χ0) is 21.2. The molecule has 0 spiro atoms. The molecule has 1 heterocycles. The highest BCUT2D eigenvalue weighted by molar-refractivity contribution is 7.89. The maximum atomic E-state index is 13.7. The standard InChI is InChI=1S/C20H23FN4O3S/c1-4-25-18-10-9-14(29(27,28)24(2)3)13-17(18)22-19(25)11-12-20(26)23-16-8-6-5-7-15(16)21/h5-10,13H,4,11-12H2,1-3H3,(H,23,26). The summed E-state index contributed by atoms with van der Waals surface area (Å²) in [6.45, 7) is 2.58. The Morgan fingerprint density at radius 2 is 1.93 bits per heavy atom. The largest absolute Gasteiger partial charge is 0.328 e. The number of anilines is 1. The van der Waals surface area contributed by atoms with Gasteiger partial charge in [0.15, 0.2) is 0 Å². The Labute approximate surface area is 169 Å². The van der Waals surface area contributed by atoms with Gasteiger partial charge in [-0.3, -0.25) is 4.79 Å². The zero-order valence-electron chi connectivity index (χ0n) is 16.5. The van der Waals surface area contributed by atoms with E-state index in [2.05, 4.69) is 10.3 Å². The Bertz CT molecular complexity index is 1160. The molecule has 0 aliphatic rings. The quantitative estimate of drug-likeness (QED) is 0.639. The summed E-state index contributed by atoms with van der Waals surface area (Å²) in [5.41, 5.74) is 1.49. The number of aryl methyl sites for hydroxylation is 2. The van der Waals surface area contributed by atoms with Gasteiger partial charge < -0.3 is 9.88 Å². The number of imidazole rings is 1. The monoisotopic (exact) mass is 418 g/mol. The predicted octanol–water partition coefficient (Wildman–Crippen LogP) is 3.02. The van der Waals surface area contributed by atoms with E-state index < -0.39 is 15.8 Å². The lowest BCUT2D eigenvalue weighted by Gasteiger charge is -2.11. The summed E-state index contributed by atoms with van der Waals surface area (Å²) in [6, 6.07) is 10.8. The van der Waals surface area contributed by atoms with Crippen molar-refractivity contribution >= 4 is 32.7 Å². The van der Waals surface area contributed by atoms with Gasteiger partial charge >= 0.3 is 0 Å². The van der Waals surface area contributed by atoms with Gasteiger partial charge in [0.1, 0.15) is 11.6 Å². The first-order valence-corrected chi connectivity index (χ1v) is 10.6. The third-order valence-electron chi connectivity index (χ3n) is 4.62. The Morgan fingerprint density at radius 1 is 1.21 bits per heavy atom. The number of halogens is 1. The molecule has 0 saturated heterocycles. The van der Waals surface area contributed by atoms with E-state index >= 15 is 0 Å². The van der Waals surface area contributed by atoms with Crippen LogP contribution in [0.5, 0.6) is 0 Å². The van der Waals surface area contributed by atoms with Crippen molar-refractivity contribution in [1.82, 2.24) is 13.9 Å². The van der Waals surface area contributed by atoms with Crippen LogP contribution in [0.1, 0.15) is 19.2 Å². The molecule has 0 unspecified atom stereocenters. The van der Waals surface area contributed by atoms with Gasteiger partial charge in [-0.25, -0.2) is 22.1 Å². The molecule has 0 fully saturated rings. The van der Waals surface area contributed by atoms with E-state index in [0.717, 1.165) is 9.82 Å². The van der Waals surface area contributed by atoms with Crippen molar-refractivity contribution in [3.63, 3.8) is 0 Å². The molecule has 0 aliphatic heterocycles. The first-order valence-electron chi connectivity index (χ1n) is 9.20. The van der Waals surface area contributed by atoms with Crippen LogP contribution in [0.15, 0.2) is 47.4 Å². The second-order valence-electron chi connectivity index (χ2n) is 6.74. The first-order chi connectivity index (χ1) is 13.7. The molecule has 0 saturated carbocycles. The maximum Gasteiger partial charge on any atom is 0.242 e. The smallest absolute Gasteiger partial charge is 0.242 e. The molecule has 2 aromatic carbocycles. The summed E-state index contributed by atoms with van der Waals surface area (Å²) in [5, 5.41) is 2.56. The number of amides is 1. The molecule has 7 nitrogen and oxygen atoms in total.